The molecular formula is C8H8F3NO2. The van der Waals surface area contributed by atoms with Crippen LogP contribution in [0.2, 0.25) is 0 Å². The smallest absolute Gasteiger partial charge is 0.245 e. The van der Waals surface area contributed by atoms with Crippen molar-refractivity contribution in [3.05, 3.63) is 29.3 Å². The van der Waals surface area contributed by atoms with E-state index >= 15 is 0 Å². The van der Waals surface area contributed by atoms with Crippen molar-refractivity contribution in [2.24, 2.45) is 5.90 Å². The number of halogens is 3. The lowest BCUT2D eigenvalue weighted by atomic mass is 10.2. The molecule has 0 bridgehead atoms. The van der Waals surface area contributed by atoms with Crippen LogP contribution in [0.5, 0.6) is 5.75 Å². The average molecular weight is 207 g/mol. The number of ether oxygens (including phenoxy) is 1. The van der Waals surface area contributed by atoms with Crippen LogP contribution in [-0.2, 0) is 4.84 Å². The molecule has 14 heavy (non-hydrogen) atoms. The van der Waals surface area contributed by atoms with Crippen molar-refractivity contribution in [2.75, 3.05) is 7.11 Å². The SMILES string of the molecule is COc1ccc(C(F)ON)c(F)c1F. The highest BCUT2D eigenvalue weighted by atomic mass is 19.2. The zero-order valence-corrected chi connectivity index (χ0v) is 7.26. The van der Waals surface area contributed by atoms with Gasteiger partial charge in [0.25, 0.3) is 0 Å². The summed E-state index contributed by atoms with van der Waals surface area (Å²) in [6.45, 7) is 0. The Bertz CT molecular complexity index is 333. The van der Waals surface area contributed by atoms with Crippen molar-refractivity contribution in [2.45, 2.75) is 6.36 Å². The monoisotopic (exact) mass is 207 g/mol. The molecule has 3 nitrogen and oxygen atoms in total. The Labute approximate surface area is 78.2 Å². The first-order valence-corrected chi connectivity index (χ1v) is 3.63. The van der Waals surface area contributed by atoms with E-state index < -0.39 is 23.6 Å². The highest BCUT2D eigenvalue weighted by molar-refractivity contribution is 5.31. The standard InChI is InChI=1S/C8H8F3NO2/c1-13-5-3-2-4(8(11)14-12)6(9)7(5)10/h2-3,8H,12H2,1H3. The molecule has 6 heteroatoms. The van der Waals surface area contributed by atoms with E-state index in [2.05, 4.69) is 15.5 Å². The van der Waals surface area contributed by atoms with Gasteiger partial charge in [0.2, 0.25) is 12.2 Å². The van der Waals surface area contributed by atoms with E-state index in [0.29, 0.717) is 0 Å². The third kappa shape index (κ3) is 1.80. The predicted octanol–water partition coefficient (Wildman–Crippen LogP) is 1.83. The molecule has 2 N–H and O–H groups in total. The van der Waals surface area contributed by atoms with E-state index in [-0.39, 0.29) is 5.75 Å². The molecule has 0 saturated carbocycles. The molecule has 1 aromatic rings. The number of alkyl halides is 1. The molecule has 0 amide bonds. The fourth-order valence-corrected chi connectivity index (χ4v) is 0.953. The number of rotatable bonds is 3. The van der Waals surface area contributed by atoms with Crippen molar-refractivity contribution >= 4 is 0 Å². The topological polar surface area (TPSA) is 44.5 Å². The Morgan fingerprint density at radius 1 is 1.29 bits per heavy atom. The van der Waals surface area contributed by atoms with Crippen LogP contribution in [0, 0.1) is 11.6 Å². The van der Waals surface area contributed by atoms with Gasteiger partial charge >= 0.3 is 0 Å². The van der Waals surface area contributed by atoms with Crippen LogP contribution in [0.3, 0.4) is 0 Å². The summed E-state index contributed by atoms with van der Waals surface area (Å²) in [5, 5.41) is 0. The van der Waals surface area contributed by atoms with E-state index in [9.17, 15) is 13.2 Å². The van der Waals surface area contributed by atoms with E-state index in [4.69, 9.17) is 0 Å². The summed E-state index contributed by atoms with van der Waals surface area (Å²) >= 11 is 0. The van der Waals surface area contributed by atoms with Crippen LogP contribution < -0.4 is 10.6 Å². The van der Waals surface area contributed by atoms with Crippen molar-refractivity contribution in [3.8, 4) is 5.75 Å². The molecule has 0 radical (unpaired) electrons. The quantitative estimate of drug-likeness (QED) is 0.769. The van der Waals surface area contributed by atoms with Crippen LogP contribution in [0.15, 0.2) is 12.1 Å². The van der Waals surface area contributed by atoms with Gasteiger partial charge in [-0.2, -0.15) is 4.39 Å². The highest BCUT2D eigenvalue weighted by Crippen LogP contribution is 2.27. The Kier molecular flexibility index (Phi) is 3.32. The molecule has 1 aromatic carbocycles. The van der Waals surface area contributed by atoms with E-state index in [1.54, 1.807) is 0 Å². The second-order valence-corrected chi connectivity index (χ2v) is 2.44. The van der Waals surface area contributed by atoms with Gasteiger partial charge in [-0.3, -0.25) is 4.84 Å². The van der Waals surface area contributed by atoms with Crippen molar-refractivity contribution in [3.63, 3.8) is 0 Å². The Morgan fingerprint density at radius 3 is 2.43 bits per heavy atom. The number of methoxy groups -OCH3 is 1. The van der Waals surface area contributed by atoms with Gasteiger partial charge in [-0.05, 0) is 12.1 Å². The fourth-order valence-electron chi connectivity index (χ4n) is 0.953. The maximum Gasteiger partial charge on any atom is 0.245 e. The lowest BCUT2D eigenvalue weighted by Crippen LogP contribution is -2.07. The van der Waals surface area contributed by atoms with Gasteiger partial charge in [0.05, 0.1) is 12.7 Å². The van der Waals surface area contributed by atoms with Gasteiger partial charge in [-0.15, -0.1) is 0 Å². The van der Waals surface area contributed by atoms with E-state index in [0.717, 1.165) is 12.1 Å². The van der Waals surface area contributed by atoms with Crippen LogP contribution in [0.1, 0.15) is 11.9 Å². The minimum absolute atomic E-state index is 0.310. The third-order valence-corrected chi connectivity index (χ3v) is 1.66. The van der Waals surface area contributed by atoms with Crippen LogP contribution in [0.4, 0.5) is 13.2 Å². The summed E-state index contributed by atoms with van der Waals surface area (Å²) in [4.78, 5) is 3.73. The normalized spacial score (nSPS) is 12.6. The minimum atomic E-state index is -2.20. The summed E-state index contributed by atoms with van der Waals surface area (Å²) in [5.74, 6) is 1.54. The zero-order chi connectivity index (χ0) is 10.7. The predicted molar refractivity (Wildman–Crippen MR) is 42.0 cm³/mol. The van der Waals surface area contributed by atoms with E-state index in [1.165, 1.54) is 7.11 Å². The molecule has 0 saturated heterocycles. The molecule has 0 aliphatic rings. The molecule has 1 atom stereocenters. The van der Waals surface area contributed by atoms with Crippen molar-refractivity contribution < 1.29 is 22.7 Å². The first-order valence-electron chi connectivity index (χ1n) is 3.63. The van der Waals surface area contributed by atoms with Crippen molar-refractivity contribution in [1.29, 1.82) is 0 Å². The number of hydrogen-bond acceptors (Lipinski definition) is 3. The Balaban J connectivity index is 3.17. The lowest BCUT2D eigenvalue weighted by molar-refractivity contribution is -0.0456. The second kappa shape index (κ2) is 4.30. The average Bonchev–Trinajstić information content (AvgIpc) is 2.21. The number of nitrogens with two attached hydrogens (primary N) is 1. The maximum atomic E-state index is 13.1. The third-order valence-electron chi connectivity index (χ3n) is 1.66. The van der Waals surface area contributed by atoms with Crippen LogP contribution >= 0.6 is 0 Å². The summed E-state index contributed by atoms with van der Waals surface area (Å²) in [5.41, 5.74) is -0.606. The van der Waals surface area contributed by atoms with Gasteiger partial charge in [0.15, 0.2) is 11.6 Å². The molecule has 0 aromatic heterocycles. The van der Waals surface area contributed by atoms with Gasteiger partial charge in [0, 0.05) is 0 Å². The molecular weight excluding hydrogens is 199 g/mol. The fraction of sp³-hybridized carbons (Fsp3) is 0.250. The number of hydrogen-bond donors (Lipinski definition) is 1. The van der Waals surface area contributed by atoms with Gasteiger partial charge < -0.3 is 4.74 Å². The Hall–Kier alpha value is -1.27. The summed E-state index contributed by atoms with van der Waals surface area (Å²) in [7, 11) is 1.17. The summed E-state index contributed by atoms with van der Waals surface area (Å²) < 4.78 is 43.3. The van der Waals surface area contributed by atoms with Gasteiger partial charge in [-0.1, -0.05) is 0 Å². The summed E-state index contributed by atoms with van der Waals surface area (Å²) in [6, 6.07) is 2.08. The second-order valence-electron chi connectivity index (χ2n) is 2.44. The molecule has 1 rings (SSSR count). The van der Waals surface area contributed by atoms with Gasteiger partial charge in [0.1, 0.15) is 0 Å². The lowest BCUT2D eigenvalue weighted by Gasteiger charge is -2.09. The minimum Gasteiger partial charge on any atom is -0.494 e. The van der Waals surface area contributed by atoms with Crippen molar-refractivity contribution in [1.82, 2.24) is 0 Å². The molecule has 0 fully saturated rings. The summed E-state index contributed by atoms with van der Waals surface area (Å²) in [6.07, 6.45) is -2.20. The zero-order valence-electron chi connectivity index (χ0n) is 7.26. The van der Waals surface area contributed by atoms with Crippen LogP contribution in [0.25, 0.3) is 0 Å². The molecule has 1 unspecified atom stereocenters. The molecule has 0 spiro atoms. The molecule has 0 aliphatic heterocycles. The first-order chi connectivity index (χ1) is 6.61. The molecule has 78 valence electrons. The number of benzene rings is 1. The van der Waals surface area contributed by atoms with Crippen LogP contribution in [-0.4, -0.2) is 7.11 Å². The van der Waals surface area contributed by atoms with Gasteiger partial charge in [-0.25, -0.2) is 14.7 Å². The highest BCUT2D eigenvalue weighted by Gasteiger charge is 2.20. The maximum absolute atomic E-state index is 13.1. The Morgan fingerprint density at radius 2 is 1.93 bits per heavy atom. The largest absolute Gasteiger partial charge is 0.494 e. The van der Waals surface area contributed by atoms with E-state index in [1.807, 2.05) is 0 Å². The molecule has 0 aliphatic carbocycles. The molecule has 0 heterocycles. The first kappa shape index (κ1) is 10.8.